The van der Waals surface area contributed by atoms with Crippen LogP contribution in [0.3, 0.4) is 0 Å². The van der Waals surface area contributed by atoms with E-state index in [0.717, 1.165) is 17.9 Å². The molecule has 1 aromatic rings. The Balaban J connectivity index is 1.75. The summed E-state index contributed by atoms with van der Waals surface area (Å²) in [6.07, 6.45) is 3.29. The maximum atomic E-state index is 10.7. The Bertz CT molecular complexity index is 456. The zero-order valence-corrected chi connectivity index (χ0v) is 12.5. The van der Waals surface area contributed by atoms with Crippen molar-refractivity contribution in [2.75, 3.05) is 13.2 Å². The summed E-state index contributed by atoms with van der Waals surface area (Å²) in [5, 5.41) is 10.7. The highest BCUT2D eigenvalue weighted by Crippen LogP contribution is 2.38. The summed E-state index contributed by atoms with van der Waals surface area (Å²) in [5.41, 5.74) is 0.943. The summed E-state index contributed by atoms with van der Waals surface area (Å²) in [6.45, 7) is 6.19. The number of rotatable bonds is 5. The van der Waals surface area contributed by atoms with Crippen LogP contribution in [0.4, 0.5) is 0 Å². The Labute approximate surface area is 121 Å². The lowest BCUT2D eigenvalue weighted by Crippen LogP contribution is -2.47. The number of nitrogens with zero attached hydrogens (tertiary/aromatic N) is 1. The molecule has 1 aromatic carbocycles. The average molecular weight is 275 g/mol. The summed E-state index contributed by atoms with van der Waals surface area (Å²) in [5.74, 6) is 1.54. The Morgan fingerprint density at radius 2 is 2.05 bits per heavy atom. The van der Waals surface area contributed by atoms with E-state index in [1.54, 1.807) is 0 Å². The van der Waals surface area contributed by atoms with Crippen LogP contribution in [0.5, 0.6) is 5.75 Å². The van der Waals surface area contributed by atoms with Gasteiger partial charge in [-0.05, 0) is 37.8 Å². The molecule has 1 N–H and O–H groups in total. The van der Waals surface area contributed by atoms with Crippen LogP contribution in [0.25, 0.3) is 0 Å². The van der Waals surface area contributed by atoms with Gasteiger partial charge in [0.1, 0.15) is 18.5 Å². The first kappa shape index (κ1) is 13.9. The van der Waals surface area contributed by atoms with Crippen LogP contribution in [0.1, 0.15) is 44.8 Å². The van der Waals surface area contributed by atoms with Gasteiger partial charge in [0.05, 0.1) is 6.04 Å². The van der Waals surface area contributed by atoms with E-state index in [1.807, 2.05) is 24.3 Å². The van der Waals surface area contributed by atoms with Crippen molar-refractivity contribution in [2.45, 2.75) is 51.3 Å². The molecule has 3 nitrogen and oxygen atoms in total. The smallest absolute Gasteiger partial charge is 0.125 e. The molecule has 20 heavy (non-hydrogen) atoms. The Kier molecular flexibility index (Phi) is 3.99. The van der Waals surface area contributed by atoms with Gasteiger partial charge in [0.2, 0.25) is 0 Å². The van der Waals surface area contributed by atoms with Gasteiger partial charge in [-0.15, -0.1) is 0 Å². The van der Waals surface area contributed by atoms with Crippen molar-refractivity contribution in [3.05, 3.63) is 29.8 Å². The van der Waals surface area contributed by atoms with E-state index in [0.29, 0.717) is 18.6 Å². The highest BCUT2D eigenvalue weighted by molar-refractivity contribution is 5.37. The first-order valence-corrected chi connectivity index (χ1v) is 7.82. The molecule has 1 aliphatic heterocycles. The fourth-order valence-electron chi connectivity index (χ4n) is 3.04. The van der Waals surface area contributed by atoms with Crippen molar-refractivity contribution >= 4 is 0 Å². The maximum Gasteiger partial charge on any atom is 0.125 e. The second-order valence-electron chi connectivity index (χ2n) is 6.51. The molecule has 0 spiro atoms. The first-order valence-electron chi connectivity index (χ1n) is 7.82. The molecule has 3 rings (SSSR count). The van der Waals surface area contributed by atoms with Crippen molar-refractivity contribution < 1.29 is 9.84 Å². The lowest BCUT2D eigenvalue weighted by Gasteiger charge is -2.39. The molecule has 1 fully saturated rings. The SMILES string of the molecule is CC(C)CCN(C1CC1)C1COc2ccccc2C1O. The molecule has 110 valence electrons. The third kappa shape index (κ3) is 2.84. The van der Waals surface area contributed by atoms with E-state index < -0.39 is 6.10 Å². The number of aliphatic hydroxyl groups excluding tert-OH is 1. The number of aliphatic hydroxyl groups is 1. The van der Waals surface area contributed by atoms with E-state index >= 15 is 0 Å². The van der Waals surface area contributed by atoms with Crippen LogP contribution in [0.15, 0.2) is 24.3 Å². The van der Waals surface area contributed by atoms with Crippen LogP contribution in [0, 0.1) is 5.92 Å². The fourth-order valence-corrected chi connectivity index (χ4v) is 3.04. The monoisotopic (exact) mass is 275 g/mol. The normalized spacial score (nSPS) is 25.6. The molecule has 1 saturated carbocycles. The van der Waals surface area contributed by atoms with Crippen LogP contribution in [-0.4, -0.2) is 35.2 Å². The highest BCUT2D eigenvalue weighted by Gasteiger charge is 2.40. The van der Waals surface area contributed by atoms with Gasteiger partial charge in [-0.1, -0.05) is 32.0 Å². The van der Waals surface area contributed by atoms with Gasteiger partial charge in [-0.3, -0.25) is 4.90 Å². The van der Waals surface area contributed by atoms with E-state index in [1.165, 1.54) is 19.3 Å². The molecule has 0 radical (unpaired) electrons. The van der Waals surface area contributed by atoms with Crippen LogP contribution in [-0.2, 0) is 0 Å². The number of para-hydroxylation sites is 1. The third-order valence-electron chi connectivity index (χ3n) is 4.42. The van der Waals surface area contributed by atoms with Gasteiger partial charge >= 0.3 is 0 Å². The van der Waals surface area contributed by atoms with Gasteiger partial charge in [0.15, 0.2) is 0 Å². The average Bonchev–Trinajstić information content (AvgIpc) is 3.26. The van der Waals surface area contributed by atoms with Gasteiger partial charge in [-0.25, -0.2) is 0 Å². The molecule has 0 bridgehead atoms. The minimum atomic E-state index is -0.423. The molecule has 0 amide bonds. The molecule has 0 saturated heterocycles. The molecule has 2 atom stereocenters. The van der Waals surface area contributed by atoms with Gasteiger partial charge in [-0.2, -0.15) is 0 Å². The summed E-state index contributed by atoms with van der Waals surface area (Å²) in [4.78, 5) is 2.49. The number of fused-ring (bicyclic) bond motifs is 1. The van der Waals surface area contributed by atoms with Crippen LogP contribution < -0.4 is 4.74 Å². The largest absolute Gasteiger partial charge is 0.491 e. The van der Waals surface area contributed by atoms with Crippen molar-refractivity contribution in [1.29, 1.82) is 0 Å². The van der Waals surface area contributed by atoms with Crippen LogP contribution in [0.2, 0.25) is 0 Å². The summed E-state index contributed by atoms with van der Waals surface area (Å²) < 4.78 is 5.87. The summed E-state index contributed by atoms with van der Waals surface area (Å²) >= 11 is 0. The second-order valence-corrected chi connectivity index (χ2v) is 6.51. The third-order valence-corrected chi connectivity index (χ3v) is 4.42. The Morgan fingerprint density at radius 1 is 1.30 bits per heavy atom. The molecule has 1 aliphatic carbocycles. The number of hydrogen-bond donors (Lipinski definition) is 1. The van der Waals surface area contributed by atoms with E-state index in [9.17, 15) is 5.11 Å². The standard InChI is InChI=1S/C17H25NO2/c1-12(2)9-10-18(13-7-8-13)15-11-20-16-6-4-3-5-14(16)17(15)19/h3-6,12-13,15,17,19H,7-11H2,1-2H3. The molecule has 1 heterocycles. The Morgan fingerprint density at radius 3 is 2.75 bits per heavy atom. The molecular formula is C17H25NO2. The van der Waals surface area contributed by atoms with E-state index in [2.05, 4.69) is 18.7 Å². The number of ether oxygens (including phenoxy) is 1. The Hall–Kier alpha value is -1.06. The summed E-state index contributed by atoms with van der Waals surface area (Å²) in [7, 11) is 0. The van der Waals surface area contributed by atoms with Crippen LogP contribution >= 0.6 is 0 Å². The van der Waals surface area contributed by atoms with Crippen molar-refractivity contribution in [1.82, 2.24) is 4.90 Å². The molecular weight excluding hydrogens is 250 g/mol. The minimum absolute atomic E-state index is 0.108. The molecule has 2 aliphatic rings. The lowest BCUT2D eigenvalue weighted by molar-refractivity contribution is -0.00258. The van der Waals surface area contributed by atoms with Crippen molar-refractivity contribution in [2.24, 2.45) is 5.92 Å². The zero-order valence-electron chi connectivity index (χ0n) is 12.5. The maximum absolute atomic E-state index is 10.7. The van der Waals surface area contributed by atoms with Crippen molar-refractivity contribution in [3.8, 4) is 5.75 Å². The minimum Gasteiger partial charge on any atom is -0.491 e. The number of hydrogen-bond acceptors (Lipinski definition) is 3. The molecule has 3 heteroatoms. The van der Waals surface area contributed by atoms with Gasteiger partial charge in [0, 0.05) is 11.6 Å². The topological polar surface area (TPSA) is 32.7 Å². The van der Waals surface area contributed by atoms with Gasteiger partial charge < -0.3 is 9.84 Å². The molecule has 0 aromatic heterocycles. The van der Waals surface area contributed by atoms with E-state index in [4.69, 9.17) is 4.74 Å². The fraction of sp³-hybridized carbons (Fsp3) is 0.647. The second kappa shape index (κ2) is 5.74. The van der Waals surface area contributed by atoms with Crippen molar-refractivity contribution in [3.63, 3.8) is 0 Å². The predicted molar refractivity (Wildman–Crippen MR) is 79.9 cm³/mol. The zero-order chi connectivity index (χ0) is 14.1. The predicted octanol–water partition coefficient (Wildman–Crippen LogP) is 2.99. The summed E-state index contributed by atoms with van der Waals surface area (Å²) in [6, 6.07) is 8.63. The van der Waals surface area contributed by atoms with E-state index in [-0.39, 0.29) is 6.04 Å². The first-order chi connectivity index (χ1) is 9.66. The van der Waals surface area contributed by atoms with Gasteiger partial charge in [0.25, 0.3) is 0 Å². The lowest BCUT2D eigenvalue weighted by atomic mass is 9.97. The highest BCUT2D eigenvalue weighted by atomic mass is 16.5. The molecule has 2 unspecified atom stereocenters. The quantitative estimate of drug-likeness (QED) is 0.896. The number of benzene rings is 1.